The molecule has 0 atom stereocenters. The van der Waals surface area contributed by atoms with Crippen molar-refractivity contribution in [3.63, 3.8) is 0 Å². The van der Waals surface area contributed by atoms with E-state index < -0.39 is 21.8 Å². The summed E-state index contributed by atoms with van der Waals surface area (Å²) in [7, 11) is -4.28. The second-order valence-corrected chi connectivity index (χ2v) is 11.1. The van der Waals surface area contributed by atoms with Crippen LogP contribution < -0.4 is 9.08 Å². The first-order chi connectivity index (χ1) is 17.6. The summed E-state index contributed by atoms with van der Waals surface area (Å²) >= 11 is 12.0. The molecule has 1 aliphatic rings. The summed E-state index contributed by atoms with van der Waals surface area (Å²) in [6.07, 6.45) is 1.57. The summed E-state index contributed by atoms with van der Waals surface area (Å²) in [5.41, 5.74) is 1.22. The van der Waals surface area contributed by atoms with Gasteiger partial charge in [-0.15, -0.1) is 0 Å². The fourth-order valence-corrected chi connectivity index (χ4v) is 5.41. The highest BCUT2D eigenvalue weighted by atomic mass is 35.5. The number of amides is 1. The number of rotatable bonds is 10. The highest BCUT2D eigenvalue weighted by molar-refractivity contribution is 7.87. The molecule has 1 aliphatic carbocycles. The molecule has 3 aromatic carbocycles. The monoisotopic (exact) mass is 564 g/mol. The lowest BCUT2D eigenvalue weighted by molar-refractivity contribution is 0.0724. The fourth-order valence-electron chi connectivity index (χ4n) is 4.06. The Labute approximate surface area is 226 Å². The van der Waals surface area contributed by atoms with Crippen molar-refractivity contribution in [3.05, 3.63) is 87.7 Å². The smallest absolute Gasteiger partial charge is 0.339 e. The Bertz CT molecular complexity index is 1410. The number of benzene rings is 3. The molecule has 4 rings (SSSR count). The van der Waals surface area contributed by atoms with Crippen LogP contribution in [0.2, 0.25) is 10.0 Å². The van der Waals surface area contributed by atoms with Crippen LogP contribution >= 0.6 is 23.2 Å². The van der Waals surface area contributed by atoms with Gasteiger partial charge in [-0.3, -0.25) is 4.79 Å². The van der Waals surface area contributed by atoms with Crippen LogP contribution in [0.3, 0.4) is 0 Å². The minimum Gasteiger partial charge on any atom is -0.379 e. The average Bonchev–Trinajstić information content (AvgIpc) is 3.71. The van der Waals surface area contributed by atoms with Gasteiger partial charge in [0.15, 0.2) is 0 Å². The Kier molecular flexibility index (Phi) is 8.31. The summed E-state index contributed by atoms with van der Waals surface area (Å²) < 4.78 is 46.5. The maximum atomic E-state index is 14.4. The zero-order valence-electron chi connectivity index (χ0n) is 20.5. The second kappa shape index (κ2) is 11.3. The number of anilines is 1. The van der Waals surface area contributed by atoms with Gasteiger partial charge in [0.05, 0.1) is 15.6 Å². The molecular formula is C27H27Cl2FN2O4S. The van der Waals surface area contributed by atoms with E-state index in [9.17, 15) is 17.6 Å². The Hall–Kier alpha value is -2.81. The van der Waals surface area contributed by atoms with Crippen molar-refractivity contribution in [1.29, 1.82) is 0 Å². The standard InChI is InChI=1S/C27H27Cl2FN2O4S/c1-3-31(4-2)20-10-9-18(17-32(19-11-12-19)27(33)22-7-5-6-8-25(22)30)26(15-20)36-37(34,35)21-13-14-23(28)24(29)16-21/h5-10,13-16,19H,3-4,11-12,17H2,1-2H3. The molecule has 0 unspecified atom stereocenters. The minimum absolute atomic E-state index is 0.0277. The van der Waals surface area contributed by atoms with E-state index in [1.54, 1.807) is 23.1 Å². The fraction of sp³-hybridized carbons (Fsp3) is 0.296. The first-order valence-electron chi connectivity index (χ1n) is 12.0. The molecule has 0 aliphatic heterocycles. The zero-order valence-corrected chi connectivity index (χ0v) is 22.8. The molecule has 0 N–H and O–H groups in total. The van der Waals surface area contributed by atoms with Crippen molar-refractivity contribution in [2.75, 3.05) is 18.0 Å². The summed E-state index contributed by atoms with van der Waals surface area (Å²) in [6, 6.07) is 15.0. The normalized spacial score (nSPS) is 13.3. The molecule has 0 aromatic heterocycles. The summed E-state index contributed by atoms with van der Waals surface area (Å²) in [4.78, 5) is 16.8. The number of halogens is 3. The maximum Gasteiger partial charge on any atom is 0.339 e. The van der Waals surface area contributed by atoms with Crippen LogP contribution in [-0.2, 0) is 16.7 Å². The van der Waals surface area contributed by atoms with E-state index in [1.807, 2.05) is 24.8 Å². The van der Waals surface area contributed by atoms with Gasteiger partial charge in [-0.1, -0.05) is 41.4 Å². The van der Waals surface area contributed by atoms with Crippen molar-refractivity contribution in [2.45, 2.75) is 44.2 Å². The van der Waals surface area contributed by atoms with E-state index >= 15 is 0 Å². The lowest BCUT2D eigenvalue weighted by Gasteiger charge is -2.26. The molecule has 3 aromatic rings. The van der Waals surface area contributed by atoms with Gasteiger partial charge in [-0.2, -0.15) is 8.42 Å². The van der Waals surface area contributed by atoms with Gasteiger partial charge in [-0.25, -0.2) is 4.39 Å². The quantitative estimate of drug-likeness (QED) is 0.261. The molecule has 1 saturated carbocycles. The van der Waals surface area contributed by atoms with Crippen molar-refractivity contribution in [1.82, 2.24) is 4.90 Å². The van der Waals surface area contributed by atoms with Crippen LogP contribution in [0.1, 0.15) is 42.6 Å². The van der Waals surface area contributed by atoms with Gasteiger partial charge in [0.25, 0.3) is 5.91 Å². The van der Waals surface area contributed by atoms with Gasteiger partial charge in [0.2, 0.25) is 0 Å². The zero-order chi connectivity index (χ0) is 26.7. The molecule has 10 heteroatoms. The Morgan fingerprint density at radius 1 is 1.00 bits per heavy atom. The Balaban J connectivity index is 1.73. The first-order valence-corrected chi connectivity index (χ1v) is 14.1. The average molecular weight is 565 g/mol. The van der Waals surface area contributed by atoms with Crippen molar-refractivity contribution >= 4 is 44.9 Å². The van der Waals surface area contributed by atoms with Gasteiger partial charge in [0.1, 0.15) is 16.5 Å². The highest BCUT2D eigenvalue weighted by Crippen LogP contribution is 2.35. The summed E-state index contributed by atoms with van der Waals surface area (Å²) in [6.45, 7) is 5.45. The molecule has 0 radical (unpaired) electrons. The van der Waals surface area contributed by atoms with Gasteiger partial charge < -0.3 is 14.0 Å². The van der Waals surface area contributed by atoms with E-state index in [1.165, 1.54) is 36.4 Å². The first kappa shape index (κ1) is 27.2. The second-order valence-electron chi connectivity index (χ2n) is 8.72. The molecule has 1 amide bonds. The van der Waals surface area contributed by atoms with Crippen LogP contribution in [0.25, 0.3) is 0 Å². The predicted octanol–water partition coefficient (Wildman–Crippen LogP) is 6.55. The largest absolute Gasteiger partial charge is 0.379 e. The van der Waals surface area contributed by atoms with E-state index in [4.69, 9.17) is 27.4 Å². The van der Waals surface area contributed by atoms with E-state index in [-0.39, 0.29) is 38.8 Å². The third-order valence-corrected chi connectivity index (χ3v) is 8.22. The SMILES string of the molecule is CCN(CC)c1ccc(CN(C(=O)c2ccccc2F)C2CC2)c(OS(=O)(=O)c2ccc(Cl)c(Cl)c2)c1. The third kappa shape index (κ3) is 6.20. The molecule has 0 heterocycles. The molecule has 6 nitrogen and oxygen atoms in total. The van der Waals surface area contributed by atoms with Crippen LogP contribution in [0.4, 0.5) is 10.1 Å². The lowest BCUT2D eigenvalue weighted by atomic mass is 10.1. The third-order valence-electron chi connectivity index (χ3n) is 6.25. The summed E-state index contributed by atoms with van der Waals surface area (Å²) in [5.74, 6) is -0.970. The number of hydrogen-bond donors (Lipinski definition) is 0. The molecule has 0 spiro atoms. The molecule has 196 valence electrons. The van der Waals surface area contributed by atoms with Gasteiger partial charge in [-0.05, 0) is 63.1 Å². The maximum absolute atomic E-state index is 14.4. The molecule has 37 heavy (non-hydrogen) atoms. The minimum atomic E-state index is -4.28. The van der Waals surface area contributed by atoms with Gasteiger partial charge >= 0.3 is 10.1 Å². The molecule has 0 saturated heterocycles. The Morgan fingerprint density at radius 3 is 2.32 bits per heavy atom. The van der Waals surface area contributed by atoms with Gasteiger partial charge in [0, 0.05) is 43.0 Å². The predicted molar refractivity (Wildman–Crippen MR) is 144 cm³/mol. The van der Waals surface area contributed by atoms with Crippen LogP contribution in [0.5, 0.6) is 5.75 Å². The highest BCUT2D eigenvalue weighted by Gasteiger charge is 2.35. The van der Waals surface area contributed by atoms with Crippen molar-refractivity contribution in [2.24, 2.45) is 0 Å². The number of carbonyl (C=O) groups is 1. The van der Waals surface area contributed by atoms with Crippen LogP contribution in [-0.4, -0.2) is 38.4 Å². The topological polar surface area (TPSA) is 66.9 Å². The molecule has 0 bridgehead atoms. The van der Waals surface area contributed by atoms with Crippen LogP contribution in [0.15, 0.2) is 65.6 Å². The lowest BCUT2D eigenvalue weighted by Crippen LogP contribution is -2.33. The van der Waals surface area contributed by atoms with E-state index in [2.05, 4.69) is 0 Å². The van der Waals surface area contributed by atoms with E-state index in [0.29, 0.717) is 18.7 Å². The number of nitrogens with zero attached hydrogens (tertiary/aromatic N) is 2. The van der Waals surface area contributed by atoms with Crippen molar-refractivity contribution < 1.29 is 21.8 Å². The molecule has 1 fully saturated rings. The molecular weight excluding hydrogens is 538 g/mol. The number of carbonyl (C=O) groups excluding carboxylic acids is 1. The van der Waals surface area contributed by atoms with Crippen LogP contribution in [0, 0.1) is 5.82 Å². The summed E-state index contributed by atoms with van der Waals surface area (Å²) in [5, 5.41) is 0.301. The number of hydrogen-bond acceptors (Lipinski definition) is 5. The Morgan fingerprint density at radius 2 is 1.70 bits per heavy atom. The van der Waals surface area contributed by atoms with Crippen molar-refractivity contribution in [3.8, 4) is 5.75 Å². The van der Waals surface area contributed by atoms with E-state index in [0.717, 1.165) is 18.5 Å².